The predicted octanol–water partition coefficient (Wildman–Crippen LogP) is 7.90. The molecule has 0 spiro atoms. The highest BCUT2D eigenvalue weighted by Crippen LogP contribution is 2.47. The number of nitrogens with two attached hydrogens (primary N) is 1. The van der Waals surface area contributed by atoms with Gasteiger partial charge in [0.25, 0.3) is 16.0 Å². The van der Waals surface area contributed by atoms with Crippen LogP contribution in [0.3, 0.4) is 0 Å². The third-order valence-electron chi connectivity index (χ3n) is 7.11. The molecule has 1 atom stereocenters. The number of nitrogens with zero attached hydrogens (tertiary/aromatic N) is 6. The number of rotatable bonds is 9. The monoisotopic (exact) mass is 683 g/mol. The molecule has 0 amide bonds. The molecule has 16 heteroatoms. The van der Waals surface area contributed by atoms with Crippen LogP contribution in [0.25, 0.3) is 33.6 Å². The fraction of sp³-hybridized carbons (Fsp3) is 0.0625. The largest absolute Gasteiger partial charge is 0.505 e. The van der Waals surface area contributed by atoms with Gasteiger partial charge in [-0.2, -0.15) is 18.5 Å². The summed E-state index contributed by atoms with van der Waals surface area (Å²) in [4.78, 5) is 4.18. The van der Waals surface area contributed by atoms with E-state index in [0.29, 0.717) is 27.5 Å². The smallest absolute Gasteiger partial charge is 0.296 e. The number of fused-ring (bicyclic) bond motifs is 1. The Kier molecular flexibility index (Phi) is 8.88. The molecular weight excluding hydrogens is 659 g/mol. The summed E-state index contributed by atoms with van der Waals surface area (Å²) in [6.45, 7) is 1.68. The van der Waals surface area contributed by atoms with Gasteiger partial charge in [0.05, 0.1) is 40.0 Å². The second kappa shape index (κ2) is 13.2. The van der Waals surface area contributed by atoms with Crippen molar-refractivity contribution in [2.75, 3.05) is 12.8 Å². The summed E-state index contributed by atoms with van der Waals surface area (Å²) in [5, 5.41) is 32.3. The van der Waals surface area contributed by atoms with E-state index in [1.165, 1.54) is 31.4 Å². The Morgan fingerprint density at radius 2 is 1.58 bits per heavy atom. The first kappa shape index (κ1) is 32.3. The Bertz CT molecular complexity index is 2360. The highest BCUT2D eigenvalue weighted by molar-refractivity contribution is 7.86. The molecule has 4 N–H and O–H groups in total. The molecule has 0 fully saturated rings. The fourth-order valence-corrected chi connectivity index (χ4v) is 6.03. The molecule has 0 aliphatic carbocycles. The molecule has 5 aromatic carbocycles. The summed E-state index contributed by atoms with van der Waals surface area (Å²) in [7, 11) is -3.58. The standard InChI is InChI=1S/C32H25N7O7S2/c1-18-16-20-17-25(48(42,43)44)29(38-35-21-12-14-22(15-13-21)47(41)45-2)30(40)26(20)27(33)28(18)37-36-24-11-7-6-10-23(24)32-34-31(39-46-32)19-8-4-3-5-9-19/h3-17,40H,33H2,1-2H3,(H,42,43,44). The molecule has 0 aliphatic rings. The van der Waals surface area contributed by atoms with Crippen molar-refractivity contribution >= 4 is 60.4 Å². The van der Waals surface area contributed by atoms with Crippen LogP contribution in [0.15, 0.2) is 126 Å². The van der Waals surface area contributed by atoms with E-state index in [2.05, 4.69) is 30.6 Å². The van der Waals surface area contributed by atoms with Crippen molar-refractivity contribution in [3.05, 3.63) is 96.6 Å². The van der Waals surface area contributed by atoms with Crippen LogP contribution < -0.4 is 5.73 Å². The van der Waals surface area contributed by atoms with Gasteiger partial charge in [-0.25, -0.2) is 4.21 Å². The number of azo groups is 2. The minimum absolute atomic E-state index is 0.0134. The quantitative estimate of drug-likeness (QED) is 0.0760. The van der Waals surface area contributed by atoms with Gasteiger partial charge < -0.3 is 15.4 Å². The number of nitrogen functional groups attached to an aromatic ring is 1. The van der Waals surface area contributed by atoms with E-state index < -0.39 is 37.5 Å². The predicted molar refractivity (Wildman–Crippen MR) is 178 cm³/mol. The maximum atomic E-state index is 12.4. The topological polar surface area (TPSA) is 215 Å². The van der Waals surface area contributed by atoms with Gasteiger partial charge in [0.1, 0.15) is 16.3 Å². The van der Waals surface area contributed by atoms with E-state index in [0.717, 1.165) is 11.6 Å². The van der Waals surface area contributed by atoms with Crippen LogP contribution in [0.5, 0.6) is 5.75 Å². The molecule has 14 nitrogen and oxygen atoms in total. The Morgan fingerprint density at radius 1 is 0.896 bits per heavy atom. The fourth-order valence-electron chi connectivity index (χ4n) is 4.82. The number of anilines is 1. The van der Waals surface area contributed by atoms with Crippen molar-refractivity contribution in [1.29, 1.82) is 0 Å². The minimum Gasteiger partial charge on any atom is -0.505 e. The zero-order valence-electron chi connectivity index (χ0n) is 25.2. The maximum Gasteiger partial charge on any atom is 0.296 e. The number of hydrogen-bond acceptors (Lipinski definition) is 13. The lowest BCUT2D eigenvalue weighted by molar-refractivity contribution is 0.432. The summed E-state index contributed by atoms with van der Waals surface area (Å²) < 4.78 is 56.8. The second-order valence-corrected chi connectivity index (χ2v) is 12.9. The van der Waals surface area contributed by atoms with Crippen molar-refractivity contribution in [3.8, 4) is 28.6 Å². The normalized spacial score (nSPS) is 12.7. The van der Waals surface area contributed by atoms with E-state index >= 15 is 0 Å². The van der Waals surface area contributed by atoms with Gasteiger partial charge in [0.15, 0.2) is 16.8 Å². The summed E-state index contributed by atoms with van der Waals surface area (Å²) in [6, 6.07) is 24.9. The van der Waals surface area contributed by atoms with Crippen molar-refractivity contribution in [2.24, 2.45) is 20.5 Å². The van der Waals surface area contributed by atoms with Gasteiger partial charge in [0.2, 0.25) is 5.82 Å². The molecule has 48 heavy (non-hydrogen) atoms. The maximum absolute atomic E-state index is 12.4. The van der Waals surface area contributed by atoms with Crippen molar-refractivity contribution in [2.45, 2.75) is 16.7 Å². The second-order valence-electron chi connectivity index (χ2n) is 10.2. The molecule has 6 rings (SSSR count). The summed E-state index contributed by atoms with van der Waals surface area (Å²) >= 11 is -1.68. The summed E-state index contributed by atoms with van der Waals surface area (Å²) in [5.74, 6) is -0.0348. The molecule has 6 aromatic rings. The third-order valence-corrected chi connectivity index (χ3v) is 8.94. The SMILES string of the molecule is COS(=O)c1ccc(N=Nc2c(S(=O)(=O)O)cc3cc(C)c(N=Nc4ccccc4-c4nc(-c5ccccc5)no4)c(N)c3c2O)cc1. The number of benzene rings is 5. The van der Waals surface area contributed by atoms with Gasteiger partial charge in [0, 0.05) is 5.56 Å². The van der Waals surface area contributed by atoms with Gasteiger partial charge in [-0.05, 0) is 66.4 Å². The Labute approximate surface area is 276 Å². The zero-order chi connectivity index (χ0) is 34.0. The first-order valence-corrected chi connectivity index (χ1v) is 16.5. The lowest BCUT2D eigenvalue weighted by Crippen LogP contribution is -2.00. The van der Waals surface area contributed by atoms with Crippen LogP contribution in [-0.2, 0) is 25.4 Å². The van der Waals surface area contributed by atoms with E-state index in [1.54, 1.807) is 37.3 Å². The Morgan fingerprint density at radius 3 is 2.29 bits per heavy atom. The molecule has 0 bridgehead atoms. The first-order chi connectivity index (χ1) is 23.0. The lowest BCUT2D eigenvalue weighted by Gasteiger charge is -2.13. The van der Waals surface area contributed by atoms with Crippen LogP contribution in [0.4, 0.5) is 28.4 Å². The number of phenols is 1. The van der Waals surface area contributed by atoms with Gasteiger partial charge in [-0.1, -0.05) is 47.6 Å². The third kappa shape index (κ3) is 6.45. The highest BCUT2D eigenvalue weighted by Gasteiger charge is 2.25. The zero-order valence-corrected chi connectivity index (χ0v) is 26.8. The molecule has 0 radical (unpaired) electrons. The average molecular weight is 684 g/mol. The van der Waals surface area contributed by atoms with Crippen LogP contribution in [0.1, 0.15) is 5.56 Å². The molecule has 0 aliphatic heterocycles. The Hall–Kier alpha value is -5.68. The molecule has 242 valence electrons. The van der Waals surface area contributed by atoms with Crippen molar-refractivity contribution < 1.29 is 31.0 Å². The van der Waals surface area contributed by atoms with E-state index in [1.807, 2.05) is 30.3 Å². The van der Waals surface area contributed by atoms with E-state index in [4.69, 9.17) is 14.4 Å². The van der Waals surface area contributed by atoms with E-state index in [9.17, 15) is 22.3 Å². The van der Waals surface area contributed by atoms with Crippen LogP contribution in [-0.4, -0.2) is 39.5 Å². The first-order valence-electron chi connectivity index (χ1n) is 14.0. The molecule has 0 saturated carbocycles. The van der Waals surface area contributed by atoms with Gasteiger partial charge in [-0.15, -0.1) is 15.3 Å². The van der Waals surface area contributed by atoms with Crippen LogP contribution >= 0.6 is 0 Å². The number of aryl methyl sites for hydroxylation is 1. The highest BCUT2D eigenvalue weighted by atomic mass is 32.2. The molecule has 0 saturated heterocycles. The van der Waals surface area contributed by atoms with Crippen molar-refractivity contribution in [1.82, 2.24) is 10.1 Å². The molecule has 1 unspecified atom stereocenters. The van der Waals surface area contributed by atoms with Crippen LogP contribution in [0.2, 0.25) is 0 Å². The average Bonchev–Trinajstić information content (AvgIpc) is 3.58. The number of aromatic nitrogens is 2. The van der Waals surface area contributed by atoms with Gasteiger partial charge in [-0.3, -0.25) is 8.74 Å². The number of phenolic OH excluding ortho intramolecular Hbond substituents is 1. The number of hydrogen-bond donors (Lipinski definition) is 3. The Balaban J connectivity index is 1.41. The minimum atomic E-state index is -4.88. The van der Waals surface area contributed by atoms with Crippen LogP contribution in [0, 0.1) is 6.92 Å². The summed E-state index contributed by atoms with van der Waals surface area (Å²) in [6.07, 6.45) is 0. The molecular formula is C32H25N7O7S2. The van der Waals surface area contributed by atoms with E-state index in [-0.39, 0.29) is 33.7 Å². The lowest BCUT2D eigenvalue weighted by atomic mass is 10.0. The summed E-state index contributed by atoms with van der Waals surface area (Å²) in [5.41, 5.74) is 8.53. The number of aromatic hydroxyl groups is 1. The molecule has 1 aromatic heterocycles. The molecule has 1 heterocycles. The van der Waals surface area contributed by atoms with Crippen molar-refractivity contribution in [3.63, 3.8) is 0 Å². The van der Waals surface area contributed by atoms with Gasteiger partial charge >= 0.3 is 0 Å².